The number of piperazine rings is 1. The second-order valence-electron chi connectivity index (χ2n) is 24.4. The highest BCUT2D eigenvalue weighted by atomic mass is 35.5. The molecule has 498 valence electrons. The van der Waals surface area contributed by atoms with Crippen molar-refractivity contribution in [3.63, 3.8) is 0 Å². The summed E-state index contributed by atoms with van der Waals surface area (Å²) in [6, 6.07) is 12.3. The summed E-state index contributed by atoms with van der Waals surface area (Å²) in [5.41, 5.74) is 1.48. The quantitative estimate of drug-likeness (QED) is 0.0365. The van der Waals surface area contributed by atoms with Crippen molar-refractivity contribution in [2.45, 2.75) is 142 Å². The Labute approximate surface area is 537 Å². The summed E-state index contributed by atoms with van der Waals surface area (Å²) in [6.45, 7) is 19.0. The van der Waals surface area contributed by atoms with Crippen LogP contribution < -0.4 is 20.7 Å². The lowest BCUT2D eigenvalue weighted by molar-refractivity contribution is -0.198. The lowest BCUT2D eigenvalue weighted by atomic mass is 9.92. The van der Waals surface area contributed by atoms with Gasteiger partial charge in [0, 0.05) is 88.6 Å². The molecule has 2 aromatic carbocycles. The molecule has 4 aliphatic rings. The van der Waals surface area contributed by atoms with E-state index in [2.05, 4.69) is 33.0 Å². The molecule has 0 spiro atoms. The van der Waals surface area contributed by atoms with Gasteiger partial charge in [0.15, 0.2) is 6.10 Å². The molecule has 3 saturated heterocycles. The second-order valence-corrected chi connectivity index (χ2v) is 26.5. The first-order chi connectivity index (χ1) is 42.9. The van der Waals surface area contributed by atoms with E-state index >= 15 is 0 Å². The first-order valence-electron chi connectivity index (χ1n) is 30.9. The molecule has 24 nitrogen and oxygen atoms in total. The van der Waals surface area contributed by atoms with Crippen molar-refractivity contribution in [1.82, 2.24) is 30.8 Å². The first kappa shape index (κ1) is 72.9. The number of hydrogen-bond donors (Lipinski definition) is 3. The number of halogens is 1. The zero-order valence-electron chi connectivity index (χ0n) is 53.2. The molecule has 0 bridgehead atoms. The Morgan fingerprint density at radius 1 is 0.822 bits per heavy atom. The number of nitrogens with zero attached hydrogens (tertiary/aromatic N) is 3. The number of epoxide rings is 1. The molecule has 0 unspecified atom stereocenters. The maximum Gasteiger partial charge on any atom is 0.347 e. The molecule has 0 aromatic heterocycles. The Kier molecular flexibility index (Phi) is 29.3. The van der Waals surface area contributed by atoms with E-state index in [9.17, 15) is 43.2 Å². The summed E-state index contributed by atoms with van der Waals surface area (Å²) in [7, 11) is 1.50. The van der Waals surface area contributed by atoms with Gasteiger partial charge in [0.25, 0.3) is 11.8 Å². The highest BCUT2D eigenvalue weighted by molar-refractivity contribution is 8.01. The third-order valence-electron chi connectivity index (χ3n) is 15.6. The van der Waals surface area contributed by atoms with Gasteiger partial charge >= 0.3 is 17.9 Å². The number of hydroxylamine groups is 2. The summed E-state index contributed by atoms with van der Waals surface area (Å²) < 4.78 is 45.1. The number of esters is 2. The predicted molar refractivity (Wildman–Crippen MR) is 332 cm³/mol. The van der Waals surface area contributed by atoms with Crippen LogP contribution in [0.25, 0.3) is 0 Å². The van der Waals surface area contributed by atoms with Crippen molar-refractivity contribution in [3.05, 3.63) is 76.3 Å². The molecule has 3 fully saturated rings. The summed E-state index contributed by atoms with van der Waals surface area (Å²) in [5.74, 6) is -3.93. The maximum absolute atomic E-state index is 14.0. The number of cyclic esters (lactones) is 2. The molecule has 0 radical (unpaired) electrons. The molecular weight excluding hydrogens is 1210 g/mol. The van der Waals surface area contributed by atoms with Gasteiger partial charge in [-0.1, -0.05) is 82.6 Å². The zero-order chi connectivity index (χ0) is 65.4. The van der Waals surface area contributed by atoms with Crippen molar-refractivity contribution in [3.8, 4) is 5.75 Å². The van der Waals surface area contributed by atoms with Crippen LogP contribution >= 0.6 is 23.4 Å². The lowest BCUT2D eigenvalue weighted by Gasteiger charge is -2.35. The van der Waals surface area contributed by atoms with Crippen LogP contribution in [-0.2, 0) is 94.1 Å². The van der Waals surface area contributed by atoms with Crippen molar-refractivity contribution in [2.75, 3.05) is 105 Å². The number of amides is 6. The smallest absolute Gasteiger partial charge is 0.347 e. The molecule has 6 amide bonds. The van der Waals surface area contributed by atoms with E-state index in [1.807, 2.05) is 51.7 Å². The number of carbonyl (C=O) groups excluding carboxylic acids is 9. The minimum Gasteiger partial charge on any atom is -0.495 e. The molecule has 0 aliphatic carbocycles. The number of hydrogen-bond acceptors (Lipinski definition) is 20. The van der Waals surface area contributed by atoms with E-state index in [0.717, 1.165) is 24.2 Å². The highest BCUT2D eigenvalue weighted by Crippen LogP contribution is 2.45. The number of ether oxygens (including phenoxy) is 8. The fourth-order valence-electron chi connectivity index (χ4n) is 9.98. The van der Waals surface area contributed by atoms with E-state index in [1.165, 1.54) is 24.9 Å². The molecule has 3 N–H and O–H groups in total. The highest BCUT2D eigenvalue weighted by Gasteiger charge is 2.48. The third-order valence-corrected chi connectivity index (χ3v) is 17.3. The molecule has 4 heterocycles. The Bertz CT molecular complexity index is 2760. The summed E-state index contributed by atoms with van der Waals surface area (Å²) in [4.78, 5) is 125. The maximum atomic E-state index is 14.0. The van der Waals surface area contributed by atoms with Crippen LogP contribution in [0.1, 0.15) is 116 Å². The first-order valence-corrected chi connectivity index (χ1v) is 32.3. The van der Waals surface area contributed by atoms with Gasteiger partial charge in [-0.05, 0) is 67.5 Å². The van der Waals surface area contributed by atoms with Gasteiger partial charge in [0.1, 0.15) is 24.0 Å². The summed E-state index contributed by atoms with van der Waals surface area (Å²) in [5, 5.41) is 9.31. The van der Waals surface area contributed by atoms with E-state index in [0.29, 0.717) is 93.5 Å². The fourth-order valence-corrected chi connectivity index (χ4v) is 11.1. The second kappa shape index (κ2) is 36.2. The Morgan fingerprint density at radius 3 is 2.09 bits per heavy atom. The Morgan fingerprint density at radius 2 is 1.46 bits per heavy atom. The summed E-state index contributed by atoms with van der Waals surface area (Å²) in [6.07, 6.45) is 1.73. The largest absolute Gasteiger partial charge is 0.495 e. The third kappa shape index (κ3) is 24.5. The number of thioether (sulfide) groups is 1. The molecule has 0 saturated carbocycles. The van der Waals surface area contributed by atoms with Crippen LogP contribution in [0, 0.1) is 17.3 Å². The number of nitrogens with one attached hydrogen (secondary N) is 3. The molecular formula is C64H91ClN6O18S. The number of rotatable bonds is 32. The van der Waals surface area contributed by atoms with Crippen LogP contribution in [0.4, 0.5) is 0 Å². The van der Waals surface area contributed by atoms with Crippen molar-refractivity contribution in [1.29, 1.82) is 0 Å². The topological polar surface area (TPSA) is 286 Å². The standard InChI is InChI=1S/C64H91ClN6O18S/c1-42(2)36-51-61(79)86-49(10-9-11-52(72)68-48(38-45-14-17-50(81-8)47(65)37-45)60(78)67-41-63(4,5)62(80)87-51)43(3)58-59(88-58)46-15-12-44(13-16-46)39-69-24-26-70(27-25-69)54(74)20-22-64(6,7)90-40-53(73)66-23-29-83-31-33-85-35-34-84-32-30-82-28-21-57(77)89-71-55(75)18-19-56(71)76/h9,11-17,37,42-43,48-49,51,58-59H,10,18-36,38-41H2,1-8H3,(H,66,73)(H,67,78)(H,68,72)/b11-9+/t43-,48+,49-,51-,58-,59+/m0/s1. The van der Waals surface area contributed by atoms with Gasteiger partial charge in [-0.3, -0.25) is 38.5 Å². The van der Waals surface area contributed by atoms with Crippen LogP contribution in [0.15, 0.2) is 54.6 Å². The molecule has 6 atom stereocenters. The predicted octanol–water partition coefficient (Wildman–Crippen LogP) is 5.24. The molecule has 4 aliphatic heterocycles. The molecule has 26 heteroatoms. The number of benzene rings is 2. The molecule has 2 aromatic rings. The van der Waals surface area contributed by atoms with E-state index in [4.69, 9.17) is 54.3 Å². The fraction of sp³-hybridized carbons (Fsp3) is 0.641. The monoisotopic (exact) mass is 1300 g/mol. The SMILES string of the molecule is COc1ccc(C[C@H]2NC(=O)/C=C/C[C@@H]([C@H](C)[C@@H]3O[C@@H]3c3ccc(CN4CCN(C(=O)CCC(C)(C)SCC(=O)NCCOCCOCCOCCOCCC(=O)ON5C(=O)CCC5=O)CC4)cc3)OC(=O)[C@H](CC(C)C)OC(=O)C(C)(C)CNC2=O)cc1Cl. The molecule has 90 heavy (non-hydrogen) atoms. The zero-order valence-corrected chi connectivity index (χ0v) is 54.8. The van der Waals surface area contributed by atoms with E-state index < -0.39 is 65.2 Å². The van der Waals surface area contributed by atoms with Gasteiger partial charge < -0.3 is 63.6 Å². The van der Waals surface area contributed by atoms with Crippen molar-refractivity contribution < 1.29 is 85.9 Å². The van der Waals surface area contributed by atoms with Gasteiger partial charge in [-0.15, -0.1) is 16.8 Å². The molecule has 6 rings (SSSR count). The number of imide groups is 1. The van der Waals surface area contributed by atoms with Crippen molar-refractivity contribution in [2.24, 2.45) is 17.3 Å². The van der Waals surface area contributed by atoms with E-state index in [-0.39, 0.29) is 111 Å². The number of carbonyl (C=O) groups is 9. The van der Waals surface area contributed by atoms with Gasteiger partial charge in [-0.2, -0.15) is 0 Å². The van der Waals surface area contributed by atoms with Gasteiger partial charge in [0.2, 0.25) is 23.6 Å². The normalized spacial score (nSPS) is 21.9. The van der Waals surface area contributed by atoms with Gasteiger partial charge in [0.05, 0.1) is 88.7 Å². The number of methoxy groups -OCH3 is 1. The van der Waals surface area contributed by atoms with Crippen LogP contribution in [0.5, 0.6) is 5.75 Å². The summed E-state index contributed by atoms with van der Waals surface area (Å²) >= 11 is 7.91. The van der Waals surface area contributed by atoms with Crippen LogP contribution in [-0.4, -0.2) is 202 Å². The van der Waals surface area contributed by atoms with Crippen molar-refractivity contribution >= 4 is 76.7 Å². The average Bonchev–Trinajstić information content (AvgIpc) is 1.67. The lowest BCUT2D eigenvalue weighted by Crippen LogP contribution is -2.51. The average molecular weight is 1300 g/mol. The van der Waals surface area contributed by atoms with Gasteiger partial charge in [-0.25, -0.2) is 9.59 Å². The van der Waals surface area contributed by atoms with Crippen LogP contribution in [0.2, 0.25) is 5.02 Å². The van der Waals surface area contributed by atoms with E-state index in [1.54, 1.807) is 38.1 Å². The minimum atomic E-state index is -1.25. The van der Waals surface area contributed by atoms with Crippen LogP contribution in [0.3, 0.4) is 0 Å². The minimum absolute atomic E-state index is 0.0342. The Balaban J connectivity index is 0.859. The Hall–Kier alpha value is -6.19.